The molecule has 0 radical (unpaired) electrons. The second kappa shape index (κ2) is 9.17. The van der Waals surface area contributed by atoms with Gasteiger partial charge in [-0.3, -0.25) is 19.8 Å². The first-order valence-electron chi connectivity index (χ1n) is 9.15. The molecule has 1 aliphatic rings. The van der Waals surface area contributed by atoms with Crippen LogP contribution in [0, 0.1) is 0 Å². The molecule has 1 heterocycles. The number of amides is 2. The van der Waals surface area contributed by atoms with Gasteiger partial charge in [-0.2, -0.15) is 13.2 Å². The van der Waals surface area contributed by atoms with Gasteiger partial charge < -0.3 is 9.47 Å². The fourth-order valence-electron chi connectivity index (χ4n) is 2.99. The van der Waals surface area contributed by atoms with Crippen molar-refractivity contribution in [2.45, 2.75) is 13.1 Å². The van der Waals surface area contributed by atoms with E-state index >= 15 is 0 Å². The Bertz CT molecular complexity index is 1130. The van der Waals surface area contributed by atoms with Crippen molar-refractivity contribution in [3.63, 3.8) is 0 Å². The number of carbonyl (C=O) groups is 2. The van der Waals surface area contributed by atoms with E-state index < -0.39 is 23.6 Å². The van der Waals surface area contributed by atoms with E-state index in [9.17, 15) is 22.8 Å². The summed E-state index contributed by atoms with van der Waals surface area (Å²) >= 11 is 11.3. The first-order chi connectivity index (χ1) is 15.1. The zero-order valence-corrected chi connectivity index (χ0v) is 18.3. The Labute approximate surface area is 191 Å². The SMILES string of the molecule is CCOc1c(Cl)cc(/C=C2\C(=O)NC(=S)N(c3cccc(C(F)(F)F)c3)C2=O)cc1OC. The number of rotatable bonds is 5. The Balaban J connectivity index is 2.04. The zero-order valence-electron chi connectivity index (χ0n) is 16.7. The van der Waals surface area contributed by atoms with E-state index in [1.165, 1.54) is 31.4 Å². The molecule has 0 bridgehead atoms. The van der Waals surface area contributed by atoms with Gasteiger partial charge in [-0.1, -0.05) is 17.7 Å². The van der Waals surface area contributed by atoms with Gasteiger partial charge in [-0.25, -0.2) is 0 Å². The lowest BCUT2D eigenvalue weighted by Crippen LogP contribution is -2.54. The molecule has 1 N–H and O–H groups in total. The maximum Gasteiger partial charge on any atom is 0.416 e. The number of thiocarbonyl (C=S) groups is 1. The minimum atomic E-state index is -4.62. The van der Waals surface area contributed by atoms with Gasteiger partial charge in [0.1, 0.15) is 5.57 Å². The molecule has 1 saturated heterocycles. The second-order valence-corrected chi connectivity index (χ2v) is 7.27. The number of nitrogens with one attached hydrogen (secondary N) is 1. The molecule has 6 nitrogen and oxygen atoms in total. The minimum absolute atomic E-state index is 0.136. The molecular weight excluding hydrogens is 469 g/mol. The summed E-state index contributed by atoms with van der Waals surface area (Å²) in [4.78, 5) is 26.3. The molecule has 11 heteroatoms. The summed E-state index contributed by atoms with van der Waals surface area (Å²) in [5.41, 5.74) is -1.11. The molecule has 2 aromatic rings. The highest BCUT2D eigenvalue weighted by atomic mass is 35.5. The van der Waals surface area contributed by atoms with Crippen LogP contribution in [0.25, 0.3) is 6.08 Å². The van der Waals surface area contributed by atoms with Gasteiger partial charge in [-0.05, 0) is 61.1 Å². The van der Waals surface area contributed by atoms with E-state index in [0.29, 0.717) is 17.9 Å². The van der Waals surface area contributed by atoms with Crippen LogP contribution in [0.5, 0.6) is 11.5 Å². The van der Waals surface area contributed by atoms with E-state index in [1.54, 1.807) is 6.92 Å². The number of carbonyl (C=O) groups excluding carboxylic acids is 2. The number of hydrogen-bond acceptors (Lipinski definition) is 5. The number of anilines is 1. The highest BCUT2D eigenvalue weighted by Gasteiger charge is 2.36. The van der Waals surface area contributed by atoms with E-state index in [0.717, 1.165) is 23.1 Å². The van der Waals surface area contributed by atoms with Gasteiger partial charge in [0.2, 0.25) is 0 Å². The molecule has 1 fully saturated rings. The van der Waals surface area contributed by atoms with Crippen LogP contribution in [0.15, 0.2) is 42.0 Å². The first kappa shape index (κ1) is 23.6. The van der Waals surface area contributed by atoms with Crippen molar-refractivity contribution in [2.24, 2.45) is 0 Å². The third-order valence-electron chi connectivity index (χ3n) is 4.38. The van der Waals surface area contributed by atoms with E-state index in [4.69, 9.17) is 33.3 Å². The molecule has 2 amide bonds. The lowest BCUT2D eigenvalue weighted by molar-refractivity contribution is -0.137. The van der Waals surface area contributed by atoms with Crippen molar-refractivity contribution in [2.75, 3.05) is 18.6 Å². The zero-order chi connectivity index (χ0) is 23.6. The summed E-state index contributed by atoms with van der Waals surface area (Å²) in [5, 5.41) is 2.17. The monoisotopic (exact) mass is 484 g/mol. The molecule has 0 saturated carbocycles. The number of nitrogens with zero attached hydrogens (tertiary/aromatic N) is 1. The Kier molecular flexibility index (Phi) is 6.75. The number of benzene rings is 2. The molecule has 32 heavy (non-hydrogen) atoms. The Morgan fingerprint density at radius 1 is 1.22 bits per heavy atom. The quantitative estimate of drug-likeness (QED) is 0.382. The van der Waals surface area contributed by atoms with Gasteiger partial charge in [0, 0.05) is 0 Å². The third-order valence-corrected chi connectivity index (χ3v) is 4.95. The topological polar surface area (TPSA) is 67.9 Å². The van der Waals surface area contributed by atoms with Crippen LogP contribution in [0.2, 0.25) is 5.02 Å². The standard InChI is InChI=1S/C21H16ClF3N2O4S/c1-3-31-17-15(22)8-11(9-16(17)30-2)7-14-18(28)26-20(32)27(19(14)29)13-6-4-5-12(10-13)21(23,24)25/h4-10H,3H2,1-2H3,(H,26,28,32)/b14-7+. The molecule has 2 aromatic carbocycles. The van der Waals surface area contributed by atoms with Gasteiger partial charge in [-0.15, -0.1) is 0 Å². The van der Waals surface area contributed by atoms with Crippen LogP contribution in [0.3, 0.4) is 0 Å². The van der Waals surface area contributed by atoms with Crippen LogP contribution in [-0.2, 0) is 15.8 Å². The maximum absolute atomic E-state index is 13.1. The normalized spacial score (nSPS) is 15.8. The Morgan fingerprint density at radius 3 is 2.56 bits per heavy atom. The van der Waals surface area contributed by atoms with Crippen LogP contribution in [0.4, 0.5) is 18.9 Å². The van der Waals surface area contributed by atoms with Gasteiger partial charge in [0.15, 0.2) is 16.6 Å². The maximum atomic E-state index is 13.1. The molecule has 0 aromatic heterocycles. The average molecular weight is 485 g/mol. The molecule has 3 rings (SSSR count). The summed E-state index contributed by atoms with van der Waals surface area (Å²) < 4.78 is 50.0. The minimum Gasteiger partial charge on any atom is -0.493 e. The fourth-order valence-corrected chi connectivity index (χ4v) is 3.54. The highest BCUT2D eigenvalue weighted by molar-refractivity contribution is 7.80. The van der Waals surface area contributed by atoms with Crippen molar-refractivity contribution in [1.29, 1.82) is 0 Å². The Morgan fingerprint density at radius 2 is 1.94 bits per heavy atom. The molecule has 0 spiro atoms. The lowest BCUT2D eigenvalue weighted by atomic mass is 10.1. The summed E-state index contributed by atoms with van der Waals surface area (Å²) in [7, 11) is 1.40. The molecule has 0 aliphatic carbocycles. The number of alkyl halides is 3. The van der Waals surface area contributed by atoms with E-state index in [-0.39, 0.29) is 27.1 Å². The molecule has 1 aliphatic heterocycles. The summed E-state index contributed by atoms with van der Waals surface area (Å²) in [5.74, 6) is -1.11. The molecule has 0 atom stereocenters. The smallest absolute Gasteiger partial charge is 0.416 e. The van der Waals surface area contributed by atoms with Crippen molar-refractivity contribution in [1.82, 2.24) is 5.32 Å². The van der Waals surface area contributed by atoms with Crippen molar-refractivity contribution in [3.05, 3.63) is 58.1 Å². The van der Waals surface area contributed by atoms with Crippen molar-refractivity contribution >= 4 is 52.5 Å². The number of methoxy groups -OCH3 is 1. The van der Waals surface area contributed by atoms with Crippen molar-refractivity contribution in [3.8, 4) is 11.5 Å². The predicted molar refractivity (Wildman–Crippen MR) is 117 cm³/mol. The molecular formula is C21H16ClF3N2O4S. The van der Waals surface area contributed by atoms with Gasteiger partial charge in [0.05, 0.1) is 30.0 Å². The molecule has 168 valence electrons. The number of hydrogen-bond donors (Lipinski definition) is 1. The first-order valence-corrected chi connectivity index (χ1v) is 9.94. The Hall–Kier alpha value is -3.11. The fraction of sp³-hybridized carbons (Fsp3) is 0.190. The van der Waals surface area contributed by atoms with Crippen LogP contribution < -0.4 is 19.7 Å². The predicted octanol–water partition coefficient (Wildman–Crippen LogP) is 4.60. The van der Waals surface area contributed by atoms with Crippen molar-refractivity contribution < 1.29 is 32.2 Å². The summed E-state index contributed by atoms with van der Waals surface area (Å²) in [6.07, 6.45) is -3.38. The van der Waals surface area contributed by atoms with Crippen LogP contribution >= 0.6 is 23.8 Å². The van der Waals surface area contributed by atoms with Crippen LogP contribution in [-0.4, -0.2) is 30.6 Å². The van der Waals surface area contributed by atoms with E-state index in [1.807, 2.05) is 0 Å². The third kappa shape index (κ3) is 4.71. The summed E-state index contributed by atoms with van der Waals surface area (Å²) in [6, 6.07) is 7.03. The average Bonchev–Trinajstić information content (AvgIpc) is 2.72. The lowest BCUT2D eigenvalue weighted by Gasteiger charge is -2.29. The molecule has 0 unspecified atom stereocenters. The second-order valence-electron chi connectivity index (χ2n) is 6.47. The van der Waals surface area contributed by atoms with Crippen LogP contribution in [0.1, 0.15) is 18.1 Å². The summed E-state index contributed by atoms with van der Waals surface area (Å²) in [6.45, 7) is 2.10. The van der Waals surface area contributed by atoms with Gasteiger partial charge in [0.25, 0.3) is 11.8 Å². The largest absolute Gasteiger partial charge is 0.493 e. The number of halogens is 4. The number of ether oxygens (including phenoxy) is 2. The van der Waals surface area contributed by atoms with Gasteiger partial charge >= 0.3 is 6.18 Å². The highest BCUT2D eigenvalue weighted by Crippen LogP contribution is 2.37. The van der Waals surface area contributed by atoms with E-state index in [2.05, 4.69) is 5.32 Å².